The van der Waals surface area contributed by atoms with Gasteiger partial charge in [-0.1, -0.05) is 12.1 Å². The topological polar surface area (TPSA) is 86.0 Å². The molecule has 0 aliphatic carbocycles. The van der Waals surface area contributed by atoms with Crippen LogP contribution in [0.2, 0.25) is 0 Å². The molecule has 3 atom stereocenters. The van der Waals surface area contributed by atoms with Crippen molar-refractivity contribution in [3.63, 3.8) is 0 Å². The number of methoxy groups -OCH3 is 1. The molecule has 0 N–H and O–H groups in total. The van der Waals surface area contributed by atoms with E-state index >= 15 is 0 Å². The predicted molar refractivity (Wildman–Crippen MR) is 114 cm³/mol. The molecular weight excluding hydrogens is 400 g/mol. The fourth-order valence-electron chi connectivity index (χ4n) is 5.16. The van der Waals surface area contributed by atoms with E-state index in [-0.39, 0.29) is 17.3 Å². The lowest BCUT2D eigenvalue weighted by atomic mass is 9.85. The van der Waals surface area contributed by atoms with Crippen molar-refractivity contribution < 1.29 is 14.3 Å². The number of piperazine rings is 1. The largest absolute Gasteiger partial charge is 0.495 e. The van der Waals surface area contributed by atoms with Gasteiger partial charge >= 0.3 is 5.69 Å². The summed E-state index contributed by atoms with van der Waals surface area (Å²) < 4.78 is 14.2. The second-order valence-electron chi connectivity index (χ2n) is 8.37. The smallest absolute Gasteiger partial charge is 0.350 e. The fraction of sp³-hybridized carbons (Fsp3) is 0.500. The van der Waals surface area contributed by atoms with Crippen LogP contribution >= 0.6 is 0 Å². The molecule has 2 aromatic rings. The number of rotatable bonds is 4. The first-order valence-corrected chi connectivity index (χ1v) is 10.6. The van der Waals surface area contributed by atoms with Crippen molar-refractivity contribution in [3.8, 4) is 5.75 Å². The van der Waals surface area contributed by atoms with Crippen LogP contribution in [0.5, 0.6) is 5.75 Å². The van der Waals surface area contributed by atoms with E-state index < -0.39 is 17.9 Å². The highest BCUT2D eigenvalue weighted by Crippen LogP contribution is 2.52. The number of carbonyl (C=O) groups excluding carboxylic acids is 1. The molecule has 3 aliphatic heterocycles. The minimum atomic E-state index is -0.500. The van der Waals surface area contributed by atoms with E-state index in [0.717, 1.165) is 11.4 Å². The maximum absolute atomic E-state index is 13.4. The third-order valence-corrected chi connectivity index (χ3v) is 6.75. The molecule has 0 saturated carbocycles. The highest BCUT2D eigenvalue weighted by Gasteiger charge is 2.51. The Morgan fingerprint density at radius 3 is 2.52 bits per heavy atom. The third kappa shape index (κ3) is 2.90. The number of para-hydroxylation sites is 2. The molecule has 31 heavy (non-hydrogen) atoms. The van der Waals surface area contributed by atoms with Crippen LogP contribution in [0.1, 0.15) is 36.8 Å². The number of aromatic nitrogens is 2. The average Bonchev–Trinajstić information content (AvgIpc) is 3.38. The Balaban J connectivity index is 1.45. The Hall–Kier alpha value is -3.07. The van der Waals surface area contributed by atoms with Crippen molar-refractivity contribution in [2.75, 3.05) is 43.2 Å². The van der Waals surface area contributed by atoms with Crippen molar-refractivity contribution in [1.82, 2.24) is 9.24 Å². The minimum absolute atomic E-state index is 0.0299. The summed E-state index contributed by atoms with van der Waals surface area (Å²) in [6.45, 7) is 3.90. The monoisotopic (exact) mass is 426 g/mol. The van der Waals surface area contributed by atoms with Gasteiger partial charge in [0.15, 0.2) is 0 Å². The van der Waals surface area contributed by atoms with Gasteiger partial charge in [-0.05, 0) is 25.5 Å². The summed E-state index contributed by atoms with van der Waals surface area (Å²) in [6.07, 6.45) is -0.420. The van der Waals surface area contributed by atoms with Gasteiger partial charge in [0.1, 0.15) is 17.6 Å². The van der Waals surface area contributed by atoms with Gasteiger partial charge in [-0.2, -0.15) is 4.68 Å². The van der Waals surface area contributed by atoms with Gasteiger partial charge in [-0.15, -0.1) is 0 Å². The zero-order chi connectivity index (χ0) is 21.9. The molecule has 0 amide bonds. The molecule has 1 aromatic heterocycles. The van der Waals surface area contributed by atoms with E-state index in [1.807, 2.05) is 29.3 Å². The maximum Gasteiger partial charge on any atom is 0.350 e. The summed E-state index contributed by atoms with van der Waals surface area (Å²) in [7, 11) is 3.30. The second kappa shape index (κ2) is 7.26. The number of ketones is 1. The Kier molecular flexibility index (Phi) is 4.65. The van der Waals surface area contributed by atoms with Crippen LogP contribution in [0.25, 0.3) is 0 Å². The molecule has 5 rings (SSSR count). The van der Waals surface area contributed by atoms with Gasteiger partial charge in [0, 0.05) is 20.1 Å². The Bertz CT molecular complexity index is 1160. The molecule has 1 aromatic carbocycles. The van der Waals surface area contributed by atoms with Gasteiger partial charge in [0.05, 0.1) is 49.2 Å². The van der Waals surface area contributed by atoms with E-state index in [0.29, 0.717) is 43.9 Å². The highest BCUT2D eigenvalue weighted by atomic mass is 16.5. The number of carbonyl (C=O) groups is 1. The molecule has 164 valence electrons. The summed E-state index contributed by atoms with van der Waals surface area (Å²) in [5, 5.41) is 1.81. The van der Waals surface area contributed by atoms with E-state index in [1.54, 1.807) is 14.2 Å². The first-order valence-electron chi connectivity index (χ1n) is 10.6. The molecule has 4 heterocycles. The zero-order valence-electron chi connectivity index (χ0n) is 17.9. The number of Topliss-reactive ketones (excluding diaryl/α,β-unsaturated/α-hetero) is 1. The normalized spacial score (nSPS) is 24.4. The lowest BCUT2D eigenvalue weighted by molar-refractivity contribution is -0.122. The van der Waals surface area contributed by atoms with Gasteiger partial charge < -0.3 is 19.4 Å². The number of hydrogen-bond donors (Lipinski definition) is 0. The molecular formula is C22H26N4O5. The first kappa shape index (κ1) is 19.9. The first-order chi connectivity index (χ1) is 14.9. The number of hydrogen-bond acceptors (Lipinski definition) is 7. The number of fused-ring (bicyclic) bond motifs is 5. The SMILES string of the molecule is COc1ccccc1N1CCN(n2c(=O)c3c(n(C)c2=O)[C@H]2O[C@@H]3C[C@H]2C(C)=O)CC1. The van der Waals surface area contributed by atoms with Crippen molar-refractivity contribution in [1.29, 1.82) is 0 Å². The van der Waals surface area contributed by atoms with Crippen LogP contribution < -0.4 is 25.9 Å². The fourth-order valence-corrected chi connectivity index (χ4v) is 5.16. The molecule has 2 fully saturated rings. The molecule has 0 unspecified atom stereocenters. The maximum atomic E-state index is 13.4. The molecule has 0 spiro atoms. The summed E-state index contributed by atoms with van der Waals surface area (Å²) in [5.74, 6) is 0.541. The van der Waals surface area contributed by atoms with E-state index in [2.05, 4.69) is 4.90 Å². The van der Waals surface area contributed by atoms with Crippen molar-refractivity contribution >= 4 is 11.5 Å². The molecule has 9 heteroatoms. The third-order valence-electron chi connectivity index (χ3n) is 6.75. The van der Waals surface area contributed by atoms with Crippen molar-refractivity contribution in [2.24, 2.45) is 13.0 Å². The Morgan fingerprint density at radius 1 is 1.13 bits per heavy atom. The number of benzene rings is 1. The molecule has 9 nitrogen and oxygen atoms in total. The predicted octanol–water partition coefficient (Wildman–Crippen LogP) is 0.735. The lowest BCUT2D eigenvalue weighted by Gasteiger charge is -2.38. The van der Waals surface area contributed by atoms with E-state index in [1.165, 1.54) is 16.2 Å². The van der Waals surface area contributed by atoms with Gasteiger partial charge in [0.2, 0.25) is 0 Å². The van der Waals surface area contributed by atoms with Gasteiger partial charge in [-0.3, -0.25) is 14.2 Å². The number of ether oxygens (including phenoxy) is 2. The number of nitrogens with zero attached hydrogens (tertiary/aromatic N) is 4. The zero-order valence-corrected chi connectivity index (χ0v) is 17.9. The Morgan fingerprint density at radius 2 is 1.84 bits per heavy atom. The van der Waals surface area contributed by atoms with Crippen molar-refractivity contribution in [2.45, 2.75) is 25.6 Å². The van der Waals surface area contributed by atoms with Crippen LogP contribution in [0, 0.1) is 5.92 Å². The lowest BCUT2D eigenvalue weighted by Crippen LogP contribution is -2.60. The number of anilines is 1. The summed E-state index contributed by atoms with van der Waals surface area (Å²) in [6, 6.07) is 7.83. The van der Waals surface area contributed by atoms with Gasteiger partial charge in [-0.25, -0.2) is 4.79 Å². The van der Waals surface area contributed by atoms with E-state index in [9.17, 15) is 14.4 Å². The van der Waals surface area contributed by atoms with E-state index in [4.69, 9.17) is 9.47 Å². The average molecular weight is 426 g/mol. The second-order valence-corrected chi connectivity index (χ2v) is 8.37. The summed E-state index contributed by atoms with van der Waals surface area (Å²) in [5.41, 5.74) is 1.37. The van der Waals surface area contributed by atoms with Crippen LogP contribution in [-0.2, 0) is 16.6 Å². The van der Waals surface area contributed by atoms with Crippen molar-refractivity contribution in [3.05, 3.63) is 56.4 Å². The van der Waals surface area contributed by atoms with Crippen LogP contribution in [-0.4, -0.2) is 48.3 Å². The summed E-state index contributed by atoms with van der Waals surface area (Å²) >= 11 is 0. The standard InChI is InChI=1S/C22H26N4O5/c1-13(27)14-12-17-18-19(20(14)31-17)23(2)22(29)26(21(18)28)25-10-8-24(9-11-25)15-6-4-5-7-16(15)30-3/h4-7,14,17,20H,8-12H2,1-3H3/t14-,17+,20-/m0/s1. The highest BCUT2D eigenvalue weighted by molar-refractivity contribution is 5.80. The Labute approximate surface area is 179 Å². The summed E-state index contributed by atoms with van der Waals surface area (Å²) in [4.78, 5) is 40.7. The molecule has 2 saturated heterocycles. The van der Waals surface area contributed by atoms with Crippen LogP contribution in [0.4, 0.5) is 5.69 Å². The molecule has 2 bridgehead atoms. The minimum Gasteiger partial charge on any atom is -0.495 e. The van der Waals surface area contributed by atoms with Crippen LogP contribution in [0.3, 0.4) is 0 Å². The molecule has 0 radical (unpaired) electrons. The van der Waals surface area contributed by atoms with Crippen LogP contribution in [0.15, 0.2) is 33.9 Å². The van der Waals surface area contributed by atoms with Gasteiger partial charge in [0.25, 0.3) is 5.56 Å². The quantitative estimate of drug-likeness (QED) is 0.713. The molecule has 3 aliphatic rings.